The van der Waals surface area contributed by atoms with E-state index in [0.717, 1.165) is 12.0 Å². The molecule has 0 atom stereocenters. The summed E-state index contributed by atoms with van der Waals surface area (Å²) in [7, 11) is 0. The van der Waals surface area contributed by atoms with Gasteiger partial charge in [0, 0.05) is 17.8 Å². The van der Waals surface area contributed by atoms with E-state index >= 15 is 0 Å². The minimum absolute atomic E-state index is 0.239. The molecule has 0 fully saturated rings. The molecule has 0 saturated carbocycles. The maximum absolute atomic E-state index is 11.5. The van der Waals surface area contributed by atoms with Crippen molar-refractivity contribution in [1.82, 2.24) is 14.5 Å². The van der Waals surface area contributed by atoms with E-state index in [1.54, 1.807) is 36.5 Å². The molecule has 116 valence electrons. The number of carbonyl (C=O) groups is 1. The standard InChI is InChI=1S/C17H16N4O2/c1-11(2)21-10-18-17-14(21)6-7-20(15(17)9-23)16-5-4-13(8-22)12(3)19-16/h4-8,10-11H,1-3H3. The third-order valence-corrected chi connectivity index (χ3v) is 3.82. The highest BCUT2D eigenvalue weighted by molar-refractivity contribution is 5.99. The first-order chi connectivity index (χ1) is 11.1. The zero-order valence-electron chi connectivity index (χ0n) is 13.1. The Morgan fingerprint density at radius 1 is 1.30 bits per heavy atom. The predicted octanol–water partition coefficient (Wildman–Crippen LogP) is 2.64. The number of imidazole rings is 1. The average Bonchev–Trinajstić information content (AvgIpc) is 2.98. The largest absolute Gasteiger partial charge is 0.328 e. The van der Waals surface area contributed by atoms with Gasteiger partial charge < -0.3 is 4.57 Å². The Hall–Kier alpha value is -2.98. The van der Waals surface area contributed by atoms with Crippen LogP contribution >= 0.6 is 0 Å². The van der Waals surface area contributed by atoms with Crippen LogP contribution in [0, 0.1) is 6.92 Å². The van der Waals surface area contributed by atoms with Crippen LogP contribution in [0.3, 0.4) is 0 Å². The number of fused-ring (bicyclic) bond motifs is 1. The summed E-state index contributed by atoms with van der Waals surface area (Å²) in [6, 6.07) is 3.62. The first kappa shape index (κ1) is 14.9. The molecule has 3 rings (SSSR count). The van der Waals surface area contributed by atoms with Crippen molar-refractivity contribution in [2.75, 3.05) is 4.90 Å². The first-order valence-electron chi connectivity index (χ1n) is 7.29. The number of hydrogen-bond donors (Lipinski definition) is 0. The van der Waals surface area contributed by atoms with E-state index in [1.807, 2.05) is 16.6 Å². The highest BCUT2D eigenvalue weighted by atomic mass is 16.1. The van der Waals surface area contributed by atoms with Gasteiger partial charge in [-0.3, -0.25) is 9.69 Å². The monoisotopic (exact) mass is 308 g/mol. The Bertz CT molecular complexity index is 857. The van der Waals surface area contributed by atoms with Crippen LogP contribution in [0.5, 0.6) is 0 Å². The summed E-state index contributed by atoms with van der Waals surface area (Å²) in [5.74, 6) is 2.51. The number of carbonyl (C=O) groups excluding carboxylic acids is 2. The molecule has 1 aliphatic rings. The Balaban J connectivity index is 2.08. The summed E-state index contributed by atoms with van der Waals surface area (Å²) in [4.78, 5) is 32.8. The van der Waals surface area contributed by atoms with Crippen LogP contribution in [0.4, 0.5) is 5.82 Å². The lowest BCUT2D eigenvalue weighted by atomic mass is 10.1. The van der Waals surface area contributed by atoms with E-state index in [9.17, 15) is 9.59 Å². The van der Waals surface area contributed by atoms with Crippen molar-refractivity contribution in [3.63, 3.8) is 0 Å². The number of aldehydes is 1. The molecule has 0 aliphatic carbocycles. The van der Waals surface area contributed by atoms with E-state index in [-0.39, 0.29) is 6.04 Å². The predicted molar refractivity (Wildman–Crippen MR) is 87.6 cm³/mol. The van der Waals surface area contributed by atoms with Crippen LogP contribution in [-0.4, -0.2) is 26.8 Å². The molecule has 0 aromatic carbocycles. The molecular formula is C17H16N4O2. The van der Waals surface area contributed by atoms with Gasteiger partial charge in [0.15, 0.2) is 17.9 Å². The van der Waals surface area contributed by atoms with E-state index < -0.39 is 0 Å². The number of aryl methyl sites for hydroxylation is 1. The second-order valence-corrected chi connectivity index (χ2v) is 5.58. The molecule has 2 aromatic heterocycles. The summed E-state index contributed by atoms with van der Waals surface area (Å²) in [5.41, 5.74) is 2.89. The van der Waals surface area contributed by atoms with Gasteiger partial charge in [0.2, 0.25) is 0 Å². The van der Waals surface area contributed by atoms with Crippen LogP contribution in [0.15, 0.2) is 24.7 Å². The molecule has 2 aromatic rings. The smallest absolute Gasteiger partial charge is 0.160 e. The van der Waals surface area contributed by atoms with Crippen molar-refractivity contribution in [3.05, 3.63) is 47.3 Å². The van der Waals surface area contributed by atoms with Crippen molar-refractivity contribution in [1.29, 1.82) is 0 Å². The van der Waals surface area contributed by atoms with Crippen molar-refractivity contribution in [3.8, 4) is 0 Å². The minimum Gasteiger partial charge on any atom is -0.328 e. The number of aromatic nitrogens is 3. The van der Waals surface area contributed by atoms with Crippen LogP contribution < -0.4 is 4.90 Å². The molecule has 6 heteroatoms. The molecule has 0 spiro atoms. The quantitative estimate of drug-likeness (QED) is 0.644. The van der Waals surface area contributed by atoms with E-state index in [1.165, 1.54) is 0 Å². The lowest BCUT2D eigenvalue weighted by Gasteiger charge is -2.24. The zero-order chi connectivity index (χ0) is 16.6. The Labute approximate surface area is 133 Å². The molecule has 0 saturated heterocycles. The van der Waals surface area contributed by atoms with E-state index in [4.69, 9.17) is 0 Å². The second-order valence-electron chi connectivity index (χ2n) is 5.58. The van der Waals surface area contributed by atoms with Gasteiger partial charge in [-0.15, -0.1) is 0 Å². The van der Waals surface area contributed by atoms with Crippen molar-refractivity contribution < 1.29 is 9.59 Å². The van der Waals surface area contributed by atoms with E-state index in [2.05, 4.69) is 23.8 Å². The fraction of sp³-hybridized carbons (Fsp3) is 0.235. The Morgan fingerprint density at radius 3 is 2.70 bits per heavy atom. The molecule has 6 nitrogen and oxygen atoms in total. The molecule has 1 aliphatic heterocycles. The second kappa shape index (κ2) is 5.66. The summed E-state index contributed by atoms with van der Waals surface area (Å²) in [6.07, 6.45) is 6.14. The van der Waals surface area contributed by atoms with Gasteiger partial charge in [0.05, 0.1) is 17.7 Å². The van der Waals surface area contributed by atoms with Crippen molar-refractivity contribution >= 4 is 29.8 Å². The van der Waals surface area contributed by atoms with E-state index in [0.29, 0.717) is 28.5 Å². The number of hydrogen-bond acceptors (Lipinski definition) is 5. The molecule has 3 heterocycles. The zero-order valence-corrected chi connectivity index (χ0v) is 13.1. The van der Waals surface area contributed by atoms with Gasteiger partial charge in [-0.2, -0.15) is 0 Å². The van der Waals surface area contributed by atoms with Gasteiger partial charge in [-0.1, -0.05) is 0 Å². The fourth-order valence-electron chi connectivity index (χ4n) is 2.57. The van der Waals surface area contributed by atoms with Crippen molar-refractivity contribution in [2.45, 2.75) is 26.8 Å². The van der Waals surface area contributed by atoms with Gasteiger partial charge in [0.1, 0.15) is 11.5 Å². The highest BCUT2D eigenvalue weighted by Gasteiger charge is 2.25. The number of rotatable bonds is 3. The van der Waals surface area contributed by atoms with Crippen molar-refractivity contribution in [2.24, 2.45) is 0 Å². The maximum Gasteiger partial charge on any atom is 0.160 e. The minimum atomic E-state index is 0.239. The molecule has 0 bridgehead atoms. The average molecular weight is 308 g/mol. The topological polar surface area (TPSA) is 68.1 Å². The summed E-state index contributed by atoms with van der Waals surface area (Å²) < 4.78 is 1.99. The van der Waals surface area contributed by atoms with Gasteiger partial charge >= 0.3 is 0 Å². The van der Waals surface area contributed by atoms with Gasteiger partial charge in [0.25, 0.3) is 0 Å². The lowest BCUT2D eigenvalue weighted by Crippen LogP contribution is -2.21. The third kappa shape index (κ3) is 2.39. The molecule has 23 heavy (non-hydrogen) atoms. The fourth-order valence-corrected chi connectivity index (χ4v) is 2.57. The summed E-state index contributed by atoms with van der Waals surface area (Å²) in [6.45, 7) is 5.86. The SMILES string of the molecule is Cc1nc(N2C=Cc3c(ncn3C(C)C)C2=C=O)ccc1C=O. The Kier molecular flexibility index (Phi) is 3.68. The molecule has 0 radical (unpaired) electrons. The van der Waals surface area contributed by atoms with Crippen LogP contribution in [0.25, 0.3) is 11.8 Å². The summed E-state index contributed by atoms with van der Waals surface area (Å²) >= 11 is 0. The Morgan fingerprint density at radius 2 is 2.09 bits per heavy atom. The number of nitrogens with zero attached hydrogens (tertiary/aromatic N) is 4. The maximum atomic E-state index is 11.5. The molecule has 0 N–H and O–H groups in total. The van der Waals surface area contributed by atoms with Gasteiger partial charge in [-0.05, 0) is 39.0 Å². The first-order valence-corrected chi connectivity index (χ1v) is 7.29. The van der Waals surface area contributed by atoms with Crippen LogP contribution in [0.2, 0.25) is 0 Å². The molecule has 0 unspecified atom stereocenters. The lowest BCUT2D eigenvalue weighted by molar-refractivity contribution is 0.112. The third-order valence-electron chi connectivity index (χ3n) is 3.82. The highest BCUT2D eigenvalue weighted by Crippen LogP contribution is 2.31. The number of pyridine rings is 1. The normalized spacial score (nSPS) is 13.2. The van der Waals surface area contributed by atoms with Crippen LogP contribution in [0.1, 0.15) is 47.3 Å². The number of anilines is 1. The van der Waals surface area contributed by atoms with Crippen LogP contribution in [-0.2, 0) is 4.79 Å². The van der Waals surface area contributed by atoms with Gasteiger partial charge in [-0.25, -0.2) is 14.8 Å². The molecule has 0 amide bonds. The molecular weight excluding hydrogens is 292 g/mol. The summed E-state index contributed by atoms with van der Waals surface area (Å²) in [5, 5.41) is 0.